The van der Waals surface area contributed by atoms with E-state index in [-0.39, 0.29) is 0 Å². The van der Waals surface area contributed by atoms with Crippen LogP contribution < -0.4 is 10.2 Å². The number of thiazole rings is 1. The van der Waals surface area contributed by atoms with Crippen LogP contribution in [0.4, 0.5) is 5.13 Å². The number of rotatable bonds is 8. The molecule has 0 aromatic carbocycles. The highest BCUT2D eigenvalue weighted by atomic mass is 32.1. The number of nitrogens with one attached hydrogen (secondary N) is 1. The molecular weight excluding hydrogens is 234 g/mol. The molecule has 1 aromatic rings. The molecule has 98 valence electrons. The van der Waals surface area contributed by atoms with Crippen molar-refractivity contribution in [2.24, 2.45) is 0 Å². The molecule has 0 saturated carbocycles. The van der Waals surface area contributed by atoms with Crippen molar-refractivity contribution in [2.75, 3.05) is 38.8 Å². The van der Waals surface area contributed by atoms with Gasteiger partial charge in [-0.2, -0.15) is 0 Å². The van der Waals surface area contributed by atoms with Crippen molar-refractivity contribution in [3.05, 3.63) is 11.1 Å². The van der Waals surface area contributed by atoms with Gasteiger partial charge < -0.3 is 15.0 Å². The molecule has 1 N–H and O–H groups in total. The second-order valence-corrected chi connectivity index (χ2v) is 4.98. The summed E-state index contributed by atoms with van der Waals surface area (Å²) in [6, 6.07) is 0.329. The topological polar surface area (TPSA) is 37.4 Å². The summed E-state index contributed by atoms with van der Waals surface area (Å²) in [5.41, 5.74) is 1.13. The molecule has 0 aliphatic carbocycles. The second kappa shape index (κ2) is 7.63. The highest BCUT2D eigenvalue weighted by Gasteiger charge is 2.11. The van der Waals surface area contributed by atoms with E-state index in [0.29, 0.717) is 6.04 Å². The van der Waals surface area contributed by atoms with Crippen LogP contribution in [0.2, 0.25) is 0 Å². The lowest BCUT2D eigenvalue weighted by atomic mass is 10.2. The highest BCUT2D eigenvalue weighted by Crippen LogP contribution is 2.22. The number of hydrogen-bond donors (Lipinski definition) is 1. The van der Waals surface area contributed by atoms with Gasteiger partial charge in [0.25, 0.3) is 0 Å². The van der Waals surface area contributed by atoms with Crippen LogP contribution in [0.15, 0.2) is 5.38 Å². The Morgan fingerprint density at radius 1 is 1.59 bits per heavy atom. The molecule has 1 unspecified atom stereocenters. The zero-order valence-electron chi connectivity index (χ0n) is 11.2. The minimum absolute atomic E-state index is 0.329. The summed E-state index contributed by atoms with van der Waals surface area (Å²) in [5.74, 6) is 0. The van der Waals surface area contributed by atoms with Crippen molar-refractivity contribution in [1.82, 2.24) is 10.3 Å². The Labute approximate surface area is 108 Å². The minimum Gasteiger partial charge on any atom is -0.383 e. The molecule has 17 heavy (non-hydrogen) atoms. The van der Waals surface area contributed by atoms with E-state index in [0.717, 1.165) is 36.9 Å². The molecule has 0 bridgehead atoms. The molecule has 4 nitrogen and oxygen atoms in total. The molecular formula is C12H23N3OS. The predicted octanol–water partition coefficient (Wildman–Crippen LogP) is 2.29. The fourth-order valence-corrected chi connectivity index (χ4v) is 2.35. The average Bonchev–Trinajstić information content (AvgIpc) is 2.82. The summed E-state index contributed by atoms with van der Waals surface area (Å²) in [7, 11) is 3.77. The molecule has 0 fully saturated rings. The first-order valence-electron chi connectivity index (χ1n) is 6.08. The Morgan fingerprint density at radius 2 is 2.35 bits per heavy atom. The van der Waals surface area contributed by atoms with Crippen LogP contribution in [-0.2, 0) is 4.74 Å². The highest BCUT2D eigenvalue weighted by molar-refractivity contribution is 7.13. The Balaban J connectivity index is 2.51. The Morgan fingerprint density at radius 3 is 3.00 bits per heavy atom. The molecule has 0 spiro atoms. The number of methoxy groups -OCH3 is 1. The van der Waals surface area contributed by atoms with Crippen molar-refractivity contribution in [3.8, 4) is 0 Å². The zero-order valence-corrected chi connectivity index (χ0v) is 12.0. The molecule has 1 rings (SSSR count). The largest absolute Gasteiger partial charge is 0.383 e. The Bertz CT molecular complexity index is 288. The summed E-state index contributed by atoms with van der Waals surface area (Å²) in [6.45, 7) is 6.97. The van der Waals surface area contributed by atoms with Crippen molar-refractivity contribution in [1.29, 1.82) is 0 Å². The van der Waals surface area contributed by atoms with Crippen molar-refractivity contribution in [2.45, 2.75) is 26.3 Å². The number of ether oxygens (including phenoxy) is 1. The van der Waals surface area contributed by atoms with Gasteiger partial charge in [0.05, 0.1) is 12.3 Å². The molecule has 1 heterocycles. The maximum atomic E-state index is 5.06. The van der Waals surface area contributed by atoms with E-state index >= 15 is 0 Å². The van der Waals surface area contributed by atoms with Gasteiger partial charge in [-0.25, -0.2) is 4.98 Å². The third kappa shape index (κ3) is 4.61. The van der Waals surface area contributed by atoms with Crippen LogP contribution in [-0.4, -0.2) is 38.8 Å². The summed E-state index contributed by atoms with van der Waals surface area (Å²) in [6.07, 6.45) is 1.15. The maximum absolute atomic E-state index is 5.06. The molecule has 5 heteroatoms. The van der Waals surface area contributed by atoms with Crippen LogP contribution in [0, 0.1) is 0 Å². The average molecular weight is 257 g/mol. The van der Waals surface area contributed by atoms with Gasteiger partial charge in [0.2, 0.25) is 0 Å². The lowest BCUT2D eigenvalue weighted by Crippen LogP contribution is -2.23. The van der Waals surface area contributed by atoms with E-state index in [9.17, 15) is 0 Å². The quantitative estimate of drug-likeness (QED) is 0.775. The van der Waals surface area contributed by atoms with Gasteiger partial charge >= 0.3 is 0 Å². The number of anilines is 1. The lowest BCUT2D eigenvalue weighted by Gasteiger charge is -2.15. The van der Waals surface area contributed by atoms with Gasteiger partial charge in [-0.05, 0) is 19.9 Å². The number of hydrogen-bond acceptors (Lipinski definition) is 5. The third-order valence-electron chi connectivity index (χ3n) is 2.61. The molecule has 0 aliphatic heterocycles. The summed E-state index contributed by atoms with van der Waals surface area (Å²) in [4.78, 5) is 6.77. The maximum Gasteiger partial charge on any atom is 0.185 e. The summed E-state index contributed by atoms with van der Waals surface area (Å²) >= 11 is 1.69. The molecule has 1 atom stereocenters. The third-order valence-corrected chi connectivity index (χ3v) is 3.58. The SMILES string of the molecule is CCCNC(C)c1csc(N(C)CCOC)n1. The van der Waals surface area contributed by atoms with E-state index in [1.54, 1.807) is 18.4 Å². The van der Waals surface area contributed by atoms with Gasteiger partial charge in [-0.3, -0.25) is 0 Å². The second-order valence-electron chi connectivity index (χ2n) is 4.15. The number of aromatic nitrogens is 1. The van der Waals surface area contributed by atoms with Crippen LogP contribution >= 0.6 is 11.3 Å². The summed E-state index contributed by atoms with van der Waals surface area (Å²) < 4.78 is 5.06. The zero-order chi connectivity index (χ0) is 12.7. The van der Waals surface area contributed by atoms with E-state index in [4.69, 9.17) is 4.74 Å². The molecule has 0 amide bonds. The van der Waals surface area contributed by atoms with Gasteiger partial charge in [-0.15, -0.1) is 11.3 Å². The van der Waals surface area contributed by atoms with Gasteiger partial charge in [0.1, 0.15) is 0 Å². The molecule has 0 aliphatic rings. The van der Waals surface area contributed by atoms with Crippen LogP contribution in [0.3, 0.4) is 0 Å². The Kier molecular flexibility index (Phi) is 6.47. The lowest BCUT2D eigenvalue weighted by molar-refractivity contribution is 0.206. The first-order valence-corrected chi connectivity index (χ1v) is 6.95. The van der Waals surface area contributed by atoms with Crippen LogP contribution in [0.5, 0.6) is 0 Å². The fraction of sp³-hybridized carbons (Fsp3) is 0.750. The van der Waals surface area contributed by atoms with E-state index in [1.807, 2.05) is 7.05 Å². The normalized spacial score (nSPS) is 12.7. The van der Waals surface area contributed by atoms with Gasteiger partial charge in [-0.1, -0.05) is 6.92 Å². The first kappa shape index (κ1) is 14.4. The predicted molar refractivity (Wildman–Crippen MR) is 74.0 cm³/mol. The molecule has 0 saturated heterocycles. The van der Waals surface area contributed by atoms with Crippen molar-refractivity contribution < 1.29 is 4.74 Å². The molecule has 0 radical (unpaired) electrons. The number of likely N-dealkylation sites (N-methyl/N-ethyl adjacent to an activating group) is 1. The van der Waals surface area contributed by atoms with Crippen LogP contribution in [0.25, 0.3) is 0 Å². The summed E-state index contributed by atoms with van der Waals surface area (Å²) in [5, 5.41) is 6.63. The van der Waals surface area contributed by atoms with E-state index < -0.39 is 0 Å². The molecule has 1 aromatic heterocycles. The fourth-order valence-electron chi connectivity index (χ4n) is 1.44. The van der Waals surface area contributed by atoms with Gasteiger partial charge in [0, 0.05) is 32.1 Å². The standard InChI is InChI=1S/C12H23N3OS/c1-5-6-13-10(2)11-9-17-12(14-11)15(3)7-8-16-4/h9-10,13H,5-8H2,1-4H3. The minimum atomic E-state index is 0.329. The monoisotopic (exact) mass is 257 g/mol. The van der Waals surface area contributed by atoms with E-state index in [2.05, 4.69) is 34.4 Å². The van der Waals surface area contributed by atoms with Crippen LogP contribution in [0.1, 0.15) is 32.0 Å². The number of nitrogens with zero attached hydrogens (tertiary/aromatic N) is 2. The Hall–Kier alpha value is -0.650. The van der Waals surface area contributed by atoms with Gasteiger partial charge in [0.15, 0.2) is 5.13 Å². The van der Waals surface area contributed by atoms with E-state index in [1.165, 1.54) is 0 Å². The van der Waals surface area contributed by atoms with Crippen molar-refractivity contribution in [3.63, 3.8) is 0 Å². The van der Waals surface area contributed by atoms with Crippen molar-refractivity contribution >= 4 is 16.5 Å². The smallest absolute Gasteiger partial charge is 0.185 e. The first-order chi connectivity index (χ1) is 8.19.